The Morgan fingerprint density at radius 1 is 1.00 bits per heavy atom. The molecule has 2 aliphatic heterocycles. The number of fused-ring (bicyclic) bond motifs is 6. The van der Waals surface area contributed by atoms with Crippen molar-refractivity contribution < 1.29 is 9.59 Å². The smallest absolute Gasteiger partial charge is 0.317 e. The van der Waals surface area contributed by atoms with Crippen molar-refractivity contribution in [3.05, 3.63) is 64.8 Å². The van der Waals surface area contributed by atoms with Gasteiger partial charge in [-0.05, 0) is 73.6 Å². The third-order valence-electron chi connectivity index (χ3n) is 7.77. The van der Waals surface area contributed by atoms with Crippen molar-refractivity contribution in [2.75, 3.05) is 29.0 Å². The number of urea groups is 1. The molecule has 0 radical (unpaired) electrons. The molecule has 6 rings (SSSR count). The molecule has 1 saturated heterocycles. The lowest BCUT2D eigenvalue weighted by Gasteiger charge is -2.20. The SMILES string of the molecule is O=C(Nc1ccc2cc1CCc1cccc(c1)Nc1ncc(Cl)c(n1)N2)[C@@H]1CCN(C(=O)NC2CCCC2)C1. The summed E-state index contributed by atoms with van der Waals surface area (Å²) in [4.78, 5) is 36.6. The summed E-state index contributed by atoms with van der Waals surface area (Å²) in [5.74, 6) is 0.653. The Labute approximate surface area is 232 Å². The summed E-state index contributed by atoms with van der Waals surface area (Å²) >= 11 is 6.38. The lowest BCUT2D eigenvalue weighted by atomic mass is 10.0. The number of likely N-dealkylation sites (tertiary alicyclic amines) is 1. The lowest BCUT2D eigenvalue weighted by molar-refractivity contribution is -0.119. The third-order valence-corrected chi connectivity index (χ3v) is 8.04. The van der Waals surface area contributed by atoms with Crippen LogP contribution in [0.4, 0.5) is 33.6 Å². The molecule has 0 spiro atoms. The number of halogens is 1. The van der Waals surface area contributed by atoms with E-state index in [1.54, 1.807) is 11.1 Å². The van der Waals surface area contributed by atoms with E-state index in [1.165, 1.54) is 12.8 Å². The Morgan fingerprint density at radius 2 is 1.85 bits per heavy atom. The molecule has 39 heavy (non-hydrogen) atoms. The number of hydrogen-bond acceptors (Lipinski definition) is 6. The van der Waals surface area contributed by atoms with Crippen LogP contribution in [0, 0.1) is 5.92 Å². The second-order valence-electron chi connectivity index (χ2n) is 10.6. The van der Waals surface area contributed by atoms with Crippen molar-refractivity contribution in [3.8, 4) is 0 Å². The lowest BCUT2D eigenvalue weighted by Crippen LogP contribution is -2.43. The average Bonchev–Trinajstić information content (AvgIpc) is 3.63. The molecule has 2 fully saturated rings. The van der Waals surface area contributed by atoms with Crippen molar-refractivity contribution in [1.29, 1.82) is 0 Å². The first-order valence-corrected chi connectivity index (χ1v) is 14.0. The normalized spacial score (nSPS) is 18.7. The molecule has 9 nitrogen and oxygen atoms in total. The summed E-state index contributed by atoms with van der Waals surface area (Å²) in [5, 5.41) is 13.2. The van der Waals surface area contributed by atoms with Gasteiger partial charge in [0.05, 0.1) is 12.1 Å². The van der Waals surface area contributed by atoms with E-state index in [-0.39, 0.29) is 23.9 Å². The Hall–Kier alpha value is -3.85. The Kier molecular flexibility index (Phi) is 7.24. The van der Waals surface area contributed by atoms with Gasteiger partial charge in [0.2, 0.25) is 11.9 Å². The van der Waals surface area contributed by atoms with Gasteiger partial charge < -0.3 is 26.2 Å². The molecule has 10 heteroatoms. The minimum Gasteiger partial charge on any atom is -0.339 e. The zero-order chi connectivity index (χ0) is 26.8. The van der Waals surface area contributed by atoms with Crippen LogP contribution in [0.5, 0.6) is 0 Å². The molecule has 4 N–H and O–H groups in total. The molecular formula is C29H32ClN7O2. The van der Waals surface area contributed by atoms with Gasteiger partial charge in [0.15, 0.2) is 5.82 Å². The number of anilines is 5. The van der Waals surface area contributed by atoms with Crippen LogP contribution in [0.15, 0.2) is 48.7 Å². The van der Waals surface area contributed by atoms with Crippen LogP contribution in [-0.4, -0.2) is 45.9 Å². The van der Waals surface area contributed by atoms with Crippen molar-refractivity contribution in [2.45, 2.75) is 51.0 Å². The first kappa shape index (κ1) is 25.4. The van der Waals surface area contributed by atoms with Crippen LogP contribution in [0.2, 0.25) is 5.02 Å². The van der Waals surface area contributed by atoms with E-state index in [9.17, 15) is 9.59 Å². The number of amides is 3. The minimum absolute atomic E-state index is 0.0473. The Balaban J connectivity index is 1.19. The highest BCUT2D eigenvalue weighted by Crippen LogP contribution is 2.30. The maximum atomic E-state index is 13.3. The molecule has 3 aliphatic rings. The highest BCUT2D eigenvalue weighted by Gasteiger charge is 2.32. The highest BCUT2D eigenvalue weighted by molar-refractivity contribution is 6.32. The number of benzene rings is 2. The number of aromatic nitrogens is 2. The Bertz CT molecular complexity index is 1390. The summed E-state index contributed by atoms with van der Waals surface area (Å²) in [6, 6.07) is 14.2. The predicted octanol–water partition coefficient (Wildman–Crippen LogP) is 5.63. The molecule has 6 bridgehead atoms. The average molecular weight is 546 g/mol. The van der Waals surface area contributed by atoms with Gasteiger partial charge in [-0.3, -0.25) is 4.79 Å². The van der Waals surface area contributed by atoms with Crippen LogP contribution in [0.3, 0.4) is 0 Å². The molecule has 1 aliphatic carbocycles. The zero-order valence-electron chi connectivity index (χ0n) is 21.7. The number of carbonyl (C=O) groups excluding carboxylic acids is 2. The van der Waals surface area contributed by atoms with Crippen molar-refractivity contribution in [3.63, 3.8) is 0 Å². The number of nitrogens with one attached hydrogen (secondary N) is 4. The molecule has 3 aromatic rings. The predicted molar refractivity (Wildman–Crippen MR) is 153 cm³/mol. The topological polar surface area (TPSA) is 111 Å². The van der Waals surface area contributed by atoms with Gasteiger partial charge in [-0.15, -0.1) is 0 Å². The molecule has 1 aromatic heterocycles. The maximum Gasteiger partial charge on any atom is 0.317 e. The molecule has 3 heterocycles. The standard InChI is InChI=1S/C29H32ClN7O2/c30-24-16-31-28-33-22-7-3-4-18(14-22)8-9-19-15-23(32-26(24)36-28)10-11-25(19)35-27(38)20-12-13-37(17-20)29(39)34-21-5-1-2-6-21/h3-4,7,10-11,14-16,20-21H,1-2,5-6,8-9,12-13,17H2,(H,34,39)(H,35,38)(H2,31,32,33,36)/t20-/m1/s1. The first-order valence-electron chi connectivity index (χ1n) is 13.6. The fourth-order valence-corrected chi connectivity index (χ4v) is 5.73. The summed E-state index contributed by atoms with van der Waals surface area (Å²) in [5.41, 5.74) is 4.64. The third kappa shape index (κ3) is 5.93. The fourth-order valence-electron chi connectivity index (χ4n) is 5.59. The fraction of sp³-hybridized carbons (Fsp3) is 0.379. The number of rotatable bonds is 3. The monoisotopic (exact) mass is 545 g/mol. The van der Waals surface area contributed by atoms with E-state index in [1.807, 2.05) is 30.3 Å². The first-order chi connectivity index (χ1) is 19.0. The van der Waals surface area contributed by atoms with Gasteiger partial charge in [-0.2, -0.15) is 4.98 Å². The van der Waals surface area contributed by atoms with Crippen LogP contribution in [-0.2, 0) is 17.6 Å². The van der Waals surface area contributed by atoms with E-state index in [2.05, 4.69) is 43.4 Å². The number of aryl methyl sites for hydroxylation is 2. The second-order valence-corrected chi connectivity index (χ2v) is 11.0. The quantitative estimate of drug-likeness (QED) is 0.339. The zero-order valence-corrected chi connectivity index (χ0v) is 22.4. The highest BCUT2D eigenvalue weighted by atomic mass is 35.5. The number of carbonyl (C=O) groups is 2. The van der Waals surface area contributed by atoms with Gasteiger partial charge in [-0.1, -0.05) is 36.6 Å². The molecule has 2 aromatic carbocycles. The van der Waals surface area contributed by atoms with Gasteiger partial charge in [0, 0.05) is 36.2 Å². The van der Waals surface area contributed by atoms with Crippen LogP contribution >= 0.6 is 11.6 Å². The number of hydrogen-bond donors (Lipinski definition) is 4. The summed E-state index contributed by atoms with van der Waals surface area (Å²) in [7, 11) is 0. The van der Waals surface area contributed by atoms with Gasteiger partial charge in [-0.25, -0.2) is 9.78 Å². The van der Waals surface area contributed by atoms with Crippen molar-refractivity contribution in [1.82, 2.24) is 20.2 Å². The van der Waals surface area contributed by atoms with Crippen molar-refractivity contribution >= 4 is 52.4 Å². The molecule has 0 unspecified atom stereocenters. The van der Waals surface area contributed by atoms with Crippen LogP contribution in [0.25, 0.3) is 0 Å². The van der Waals surface area contributed by atoms with Crippen LogP contribution in [0.1, 0.15) is 43.2 Å². The minimum atomic E-state index is -0.236. The van der Waals surface area contributed by atoms with Gasteiger partial charge in [0.1, 0.15) is 5.02 Å². The van der Waals surface area contributed by atoms with E-state index in [4.69, 9.17) is 11.6 Å². The van der Waals surface area contributed by atoms with E-state index < -0.39 is 0 Å². The van der Waals surface area contributed by atoms with Crippen LogP contribution < -0.4 is 21.3 Å². The largest absolute Gasteiger partial charge is 0.339 e. The Morgan fingerprint density at radius 3 is 2.72 bits per heavy atom. The summed E-state index contributed by atoms with van der Waals surface area (Å²) in [6.45, 7) is 1.03. The van der Waals surface area contributed by atoms with Gasteiger partial charge >= 0.3 is 6.03 Å². The molecule has 3 amide bonds. The van der Waals surface area contributed by atoms with Crippen molar-refractivity contribution in [2.24, 2.45) is 5.92 Å². The van der Waals surface area contributed by atoms with E-state index in [0.717, 1.165) is 53.9 Å². The summed E-state index contributed by atoms with van der Waals surface area (Å²) < 4.78 is 0. The van der Waals surface area contributed by atoms with E-state index in [0.29, 0.717) is 36.3 Å². The van der Waals surface area contributed by atoms with E-state index >= 15 is 0 Å². The molecule has 1 atom stereocenters. The summed E-state index contributed by atoms with van der Waals surface area (Å²) in [6.07, 6.45) is 8.17. The second kappa shape index (κ2) is 11.1. The molecule has 202 valence electrons. The molecule has 1 saturated carbocycles. The maximum absolute atomic E-state index is 13.3. The number of nitrogens with zero attached hydrogens (tertiary/aromatic N) is 3. The van der Waals surface area contributed by atoms with Gasteiger partial charge in [0.25, 0.3) is 0 Å². The molecular weight excluding hydrogens is 514 g/mol.